The molecule has 0 bridgehead atoms. The van der Waals surface area contributed by atoms with Crippen LogP contribution in [0.5, 0.6) is 0 Å². The standard InChI is InChI=1S/C15H15N3O2/c1-15(2,20)11-5-3-10(4-6-11)12-8-18-9-16-7-13(18)14(19)17-12/h3-9,20H,1-2H3,(H,17,19). The highest BCUT2D eigenvalue weighted by molar-refractivity contribution is 5.60. The Bertz CT molecular complexity index is 807. The van der Waals surface area contributed by atoms with Crippen LogP contribution in [0, 0.1) is 0 Å². The van der Waals surface area contributed by atoms with E-state index in [2.05, 4.69) is 9.97 Å². The first kappa shape index (κ1) is 12.6. The van der Waals surface area contributed by atoms with Gasteiger partial charge in [-0.1, -0.05) is 24.3 Å². The average molecular weight is 269 g/mol. The topological polar surface area (TPSA) is 70.4 Å². The van der Waals surface area contributed by atoms with Crippen molar-refractivity contribution < 1.29 is 5.11 Å². The van der Waals surface area contributed by atoms with E-state index in [4.69, 9.17) is 0 Å². The maximum absolute atomic E-state index is 11.9. The molecular formula is C15H15N3O2. The van der Waals surface area contributed by atoms with E-state index >= 15 is 0 Å². The summed E-state index contributed by atoms with van der Waals surface area (Å²) in [6.45, 7) is 3.48. The van der Waals surface area contributed by atoms with Crippen molar-refractivity contribution in [2.24, 2.45) is 0 Å². The Morgan fingerprint density at radius 3 is 2.60 bits per heavy atom. The van der Waals surface area contributed by atoms with Gasteiger partial charge in [0, 0.05) is 6.20 Å². The van der Waals surface area contributed by atoms with E-state index in [0.29, 0.717) is 11.2 Å². The molecule has 0 aliphatic rings. The number of rotatable bonds is 2. The van der Waals surface area contributed by atoms with E-state index in [9.17, 15) is 9.90 Å². The van der Waals surface area contributed by atoms with E-state index < -0.39 is 5.60 Å². The summed E-state index contributed by atoms with van der Waals surface area (Å²) in [7, 11) is 0. The molecule has 2 heterocycles. The lowest BCUT2D eigenvalue weighted by Crippen LogP contribution is -2.15. The smallest absolute Gasteiger partial charge is 0.274 e. The lowest BCUT2D eigenvalue weighted by atomic mass is 9.97. The predicted molar refractivity (Wildman–Crippen MR) is 76.5 cm³/mol. The molecule has 1 aromatic carbocycles. The molecule has 5 heteroatoms. The maximum Gasteiger partial charge on any atom is 0.274 e. The van der Waals surface area contributed by atoms with Gasteiger partial charge in [0.1, 0.15) is 5.52 Å². The summed E-state index contributed by atoms with van der Waals surface area (Å²) in [6, 6.07) is 7.46. The third-order valence-electron chi connectivity index (χ3n) is 3.32. The second-order valence-corrected chi connectivity index (χ2v) is 5.32. The van der Waals surface area contributed by atoms with E-state index in [1.54, 1.807) is 24.6 Å². The van der Waals surface area contributed by atoms with E-state index in [1.807, 2.05) is 30.5 Å². The number of aromatic amines is 1. The Morgan fingerprint density at radius 2 is 1.95 bits per heavy atom. The van der Waals surface area contributed by atoms with Crippen molar-refractivity contribution in [3.05, 3.63) is 58.9 Å². The van der Waals surface area contributed by atoms with Crippen LogP contribution in [0.4, 0.5) is 0 Å². The highest BCUT2D eigenvalue weighted by atomic mass is 16.3. The molecule has 0 amide bonds. The maximum atomic E-state index is 11.9. The van der Waals surface area contributed by atoms with E-state index in [-0.39, 0.29) is 5.56 Å². The van der Waals surface area contributed by atoms with Gasteiger partial charge in [-0.2, -0.15) is 0 Å². The molecule has 0 aliphatic carbocycles. The van der Waals surface area contributed by atoms with Crippen LogP contribution in [-0.2, 0) is 5.60 Å². The molecule has 0 atom stereocenters. The van der Waals surface area contributed by atoms with E-state index in [1.165, 1.54) is 6.20 Å². The minimum Gasteiger partial charge on any atom is -0.386 e. The van der Waals surface area contributed by atoms with Crippen LogP contribution in [0.1, 0.15) is 19.4 Å². The molecule has 2 aromatic heterocycles. The zero-order chi connectivity index (χ0) is 14.3. The Balaban J connectivity index is 2.09. The number of aliphatic hydroxyl groups is 1. The van der Waals surface area contributed by atoms with Gasteiger partial charge in [-0.25, -0.2) is 4.98 Å². The number of aromatic nitrogens is 3. The number of imidazole rings is 1. The summed E-state index contributed by atoms with van der Waals surface area (Å²) in [5.74, 6) is 0. The van der Waals surface area contributed by atoms with Crippen LogP contribution >= 0.6 is 0 Å². The summed E-state index contributed by atoms with van der Waals surface area (Å²) >= 11 is 0. The molecule has 3 aromatic rings. The van der Waals surface area contributed by atoms with Gasteiger partial charge >= 0.3 is 0 Å². The molecule has 3 rings (SSSR count). The predicted octanol–water partition coefficient (Wildman–Crippen LogP) is 1.92. The van der Waals surface area contributed by atoms with Gasteiger partial charge in [0.2, 0.25) is 0 Å². The van der Waals surface area contributed by atoms with Crippen LogP contribution < -0.4 is 5.56 Å². The van der Waals surface area contributed by atoms with Gasteiger partial charge in [-0.3, -0.25) is 9.20 Å². The normalized spacial score (nSPS) is 11.9. The number of nitrogens with zero attached hydrogens (tertiary/aromatic N) is 2. The second kappa shape index (κ2) is 4.31. The third kappa shape index (κ3) is 2.12. The number of fused-ring (bicyclic) bond motifs is 1. The summed E-state index contributed by atoms with van der Waals surface area (Å²) in [6.07, 6.45) is 4.95. The van der Waals surface area contributed by atoms with Crippen molar-refractivity contribution in [3.8, 4) is 11.3 Å². The van der Waals surface area contributed by atoms with Gasteiger partial charge in [-0.15, -0.1) is 0 Å². The van der Waals surface area contributed by atoms with Crippen LogP contribution in [0.3, 0.4) is 0 Å². The number of nitrogens with one attached hydrogen (secondary N) is 1. The van der Waals surface area contributed by atoms with Crippen molar-refractivity contribution >= 4 is 5.52 Å². The molecule has 0 aliphatic heterocycles. The van der Waals surface area contributed by atoms with Crippen molar-refractivity contribution in [1.29, 1.82) is 0 Å². The molecule has 102 valence electrons. The van der Waals surface area contributed by atoms with Gasteiger partial charge in [0.25, 0.3) is 5.56 Å². The summed E-state index contributed by atoms with van der Waals surface area (Å²) < 4.78 is 1.69. The average Bonchev–Trinajstić information content (AvgIpc) is 2.86. The molecule has 2 N–H and O–H groups in total. The first-order valence-corrected chi connectivity index (χ1v) is 6.33. The monoisotopic (exact) mass is 269 g/mol. The molecule has 0 saturated carbocycles. The SMILES string of the molecule is CC(C)(O)c1ccc(-c2cn3cncc3c(=O)[nH]2)cc1. The van der Waals surface area contributed by atoms with Crippen LogP contribution in [-0.4, -0.2) is 19.5 Å². The molecule has 5 nitrogen and oxygen atoms in total. The molecular weight excluding hydrogens is 254 g/mol. The van der Waals surface area contributed by atoms with Crippen molar-refractivity contribution in [1.82, 2.24) is 14.4 Å². The quantitative estimate of drug-likeness (QED) is 0.746. The first-order chi connectivity index (χ1) is 9.45. The molecule has 0 spiro atoms. The summed E-state index contributed by atoms with van der Waals surface area (Å²) in [4.78, 5) is 18.7. The van der Waals surface area contributed by atoms with Gasteiger partial charge in [0.05, 0.1) is 23.8 Å². The summed E-state index contributed by atoms with van der Waals surface area (Å²) in [5.41, 5.74) is 1.88. The molecule has 0 saturated heterocycles. The van der Waals surface area contributed by atoms with Gasteiger partial charge in [0.15, 0.2) is 0 Å². The lowest BCUT2D eigenvalue weighted by molar-refractivity contribution is 0.0786. The fraction of sp³-hybridized carbons (Fsp3) is 0.200. The summed E-state index contributed by atoms with van der Waals surface area (Å²) in [5, 5.41) is 9.94. The second-order valence-electron chi connectivity index (χ2n) is 5.32. The number of benzene rings is 1. The molecule has 0 unspecified atom stereocenters. The Kier molecular flexibility index (Phi) is 2.72. The largest absolute Gasteiger partial charge is 0.386 e. The Labute approximate surface area is 115 Å². The number of hydrogen-bond donors (Lipinski definition) is 2. The van der Waals surface area contributed by atoms with Crippen LogP contribution in [0.15, 0.2) is 47.8 Å². The molecule has 20 heavy (non-hydrogen) atoms. The van der Waals surface area contributed by atoms with Crippen LogP contribution in [0.25, 0.3) is 16.8 Å². The van der Waals surface area contributed by atoms with Crippen molar-refractivity contribution in [2.45, 2.75) is 19.4 Å². The van der Waals surface area contributed by atoms with Gasteiger partial charge in [-0.05, 0) is 25.0 Å². The van der Waals surface area contributed by atoms with Crippen molar-refractivity contribution in [2.75, 3.05) is 0 Å². The van der Waals surface area contributed by atoms with Crippen LogP contribution in [0.2, 0.25) is 0 Å². The number of H-pyrrole nitrogens is 1. The Hall–Kier alpha value is -2.40. The fourth-order valence-electron chi connectivity index (χ4n) is 2.15. The fourth-order valence-corrected chi connectivity index (χ4v) is 2.15. The highest BCUT2D eigenvalue weighted by Gasteiger charge is 2.15. The van der Waals surface area contributed by atoms with Crippen molar-refractivity contribution in [3.63, 3.8) is 0 Å². The number of hydrogen-bond acceptors (Lipinski definition) is 3. The molecule has 0 fully saturated rings. The zero-order valence-electron chi connectivity index (χ0n) is 11.3. The molecule has 0 radical (unpaired) electrons. The van der Waals surface area contributed by atoms with E-state index in [0.717, 1.165) is 11.1 Å². The first-order valence-electron chi connectivity index (χ1n) is 6.33. The minimum absolute atomic E-state index is 0.174. The lowest BCUT2D eigenvalue weighted by Gasteiger charge is -2.17. The third-order valence-corrected chi connectivity index (χ3v) is 3.32. The highest BCUT2D eigenvalue weighted by Crippen LogP contribution is 2.23. The Morgan fingerprint density at radius 1 is 1.25 bits per heavy atom. The minimum atomic E-state index is -0.875. The van der Waals surface area contributed by atoms with Gasteiger partial charge < -0.3 is 10.1 Å². The zero-order valence-corrected chi connectivity index (χ0v) is 11.3.